The Morgan fingerprint density at radius 1 is 1.22 bits per heavy atom. The van der Waals surface area contributed by atoms with Crippen LogP contribution in [0.4, 0.5) is 4.79 Å². The maximum Gasteiger partial charge on any atom is 0.426 e. The zero-order chi connectivity index (χ0) is 16.8. The summed E-state index contributed by atoms with van der Waals surface area (Å²) in [6, 6.07) is 9.56. The van der Waals surface area contributed by atoms with Gasteiger partial charge in [-0.25, -0.2) is 14.9 Å². The predicted octanol–water partition coefficient (Wildman–Crippen LogP) is 2.39. The minimum absolute atomic E-state index is 0.0704. The third-order valence-electron chi connectivity index (χ3n) is 3.15. The summed E-state index contributed by atoms with van der Waals surface area (Å²) in [4.78, 5) is 23.5. The Labute approximate surface area is 134 Å². The van der Waals surface area contributed by atoms with Crippen molar-refractivity contribution in [1.82, 2.24) is 20.6 Å². The lowest BCUT2D eigenvalue weighted by Gasteiger charge is -2.13. The molecule has 0 spiro atoms. The van der Waals surface area contributed by atoms with Crippen LogP contribution in [0.1, 0.15) is 42.7 Å². The first-order chi connectivity index (χ1) is 11.0. The molecule has 0 saturated heterocycles. The molecule has 1 heterocycles. The molecule has 7 nitrogen and oxygen atoms in total. The van der Waals surface area contributed by atoms with Crippen LogP contribution in [0.3, 0.4) is 0 Å². The molecule has 2 N–H and O–H groups in total. The number of benzene rings is 1. The summed E-state index contributed by atoms with van der Waals surface area (Å²) in [6.45, 7) is 5.87. The molecule has 7 heteroatoms. The van der Waals surface area contributed by atoms with E-state index < -0.39 is 12.0 Å². The van der Waals surface area contributed by atoms with Crippen molar-refractivity contribution in [3.63, 3.8) is 0 Å². The van der Waals surface area contributed by atoms with E-state index in [2.05, 4.69) is 16.0 Å². The Bertz CT molecular complexity index is 680. The van der Waals surface area contributed by atoms with Gasteiger partial charge in [0.05, 0.1) is 29.7 Å². The summed E-state index contributed by atoms with van der Waals surface area (Å²) >= 11 is 0. The first-order valence-corrected chi connectivity index (χ1v) is 7.41. The molecule has 1 aromatic carbocycles. The largest absolute Gasteiger partial charge is 0.449 e. The van der Waals surface area contributed by atoms with Gasteiger partial charge in [-0.05, 0) is 25.0 Å². The molecule has 0 saturated carbocycles. The van der Waals surface area contributed by atoms with Crippen molar-refractivity contribution in [2.75, 3.05) is 6.61 Å². The molecule has 0 aliphatic carbocycles. The lowest BCUT2D eigenvalue weighted by molar-refractivity contribution is 0.0911. The van der Waals surface area contributed by atoms with Crippen LogP contribution in [0, 0.1) is 0 Å². The number of para-hydroxylation sites is 1. The molecule has 0 aliphatic rings. The van der Waals surface area contributed by atoms with E-state index in [1.807, 2.05) is 44.2 Å². The second-order valence-corrected chi connectivity index (χ2v) is 5.15. The van der Waals surface area contributed by atoms with Crippen LogP contribution < -0.4 is 10.9 Å². The van der Waals surface area contributed by atoms with Gasteiger partial charge in [0.2, 0.25) is 0 Å². The molecule has 2 aromatic rings. The first kappa shape index (κ1) is 16.5. The number of amides is 2. The molecule has 0 radical (unpaired) electrons. The van der Waals surface area contributed by atoms with Crippen LogP contribution in [-0.4, -0.2) is 28.4 Å². The van der Waals surface area contributed by atoms with E-state index in [-0.39, 0.29) is 12.5 Å². The third-order valence-corrected chi connectivity index (χ3v) is 3.15. The summed E-state index contributed by atoms with van der Waals surface area (Å²) in [7, 11) is 0. The predicted molar refractivity (Wildman–Crippen MR) is 85.3 cm³/mol. The summed E-state index contributed by atoms with van der Waals surface area (Å²) in [6.07, 6.45) is 0.784. The van der Waals surface area contributed by atoms with Crippen molar-refractivity contribution < 1.29 is 14.3 Å². The zero-order valence-corrected chi connectivity index (χ0v) is 13.4. The molecule has 0 bridgehead atoms. The number of hydrogen-bond acceptors (Lipinski definition) is 4. The first-order valence-electron chi connectivity index (χ1n) is 7.41. The number of aromatic nitrogens is 2. The third kappa shape index (κ3) is 3.88. The lowest BCUT2D eigenvalue weighted by Crippen LogP contribution is -2.42. The smallest absolute Gasteiger partial charge is 0.426 e. The molecule has 2 amide bonds. The van der Waals surface area contributed by atoms with Gasteiger partial charge in [-0.3, -0.25) is 10.2 Å². The van der Waals surface area contributed by atoms with Crippen molar-refractivity contribution in [2.45, 2.75) is 26.7 Å². The van der Waals surface area contributed by atoms with Gasteiger partial charge in [0.15, 0.2) is 0 Å². The van der Waals surface area contributed by atoms with E-state index >= 15 is 0 Å². The molecule has 23 heavy (non-hydrogen) atoms. The highest BCUT2D eigenvalue weighted by atomic mass is 16.5. The van der Waals surface area contributed by atoms with Crippen LogP contribution in [0.15, 0.2) is 36.5 Å². The van der Waals surface area contributed by atoms with Gasteiger partial charge in [0, 0.05) is 0 Å². The van der Waals surface area contributed by atoms with Crippen molar-refractivity contribution >= 4 is 12.0 Å². The molecular weight excluding hydrogens is 296 g/mol. The normalized spacial score (nSPS) is 10.4. The molecular formula is C16H20N4O3. The van der Waals surface area contributed by atoms with E-state index in [1.165, 1.54) is 6.20 Å². The fourth-order valence-electron chi connectivity index (χ4n) is 2.21. The quantitative estimate of drug-likeness (QED) is 0.848. The molecule has 1 aromatic heterocycles. The molecule has 2 rings (SSSR count). The molecule has 0 atom stereocenters. The Balaban J connectivity index is 2.24. The Kier molecular flexibility index (Phi) is 5.35. The van der Waals surface area contributed by atoms with Gasteiger partial charge in [-0.15, -0.1) is 0 Å². The summed E-state index contributed by atoms with van der Waals surface area (Å²) in [5.41, 5.74) is 6.56. The number of carbonyl (C=O) groups excluding carboxylic acids is 2. The lowest BCUT2D eigenvalue weighted by atomic mass is 10.1. The Hall–Kier alpha value is -2.83. The van der Waals surface area contributed by atoms with Crippen molar-refractivity contribution in [3.05, 3.63) is 47.8 Å². The minimum Gasteiger partial charge on any atom is -0.449 e. The summed E-state index contributed by atoms with van der Waals surface area (Å²) < 4.78 is 6.42. The monoisotopic (exact) mass is 316 g/mol. The SMILES string of the molecule is CCOC(=O)NNC(=O)c1cnn(-c2ccccc2)c1C(C)C. The highest BCUT2D eigenvalue weighted by molar-refractivity contribution is 5.96. The van der Waals surface area contributed by atoms with E-state index in [1.54, 1.807) is 11.6 Å². The Morgan fingerprint density at radius 3 is 2.52 bits per heavy atom. The second kappa shape index (κ2) is 7.44. The van der Waals surface area contributed by atoms with Gasteiger partial charge in [-0.2, -0.15) is 5.10 Å². The van der Waals surface area contributed by atoms with Gasteiger partial charge < -0.3 is 4.74 Å². The number of hydrogen-bond donors (Lipinski definition) is 2. The van der Waals surface area contributed by atoms with E-state index in [4.69, 9.17) is 4.74 Å². The second-order valence-electron chi connectivity index (χ2n) is 5.15. The number of nitrogens with zero attached hydrogens (tertiary/aromatic N) is 2. The van der Waals surface area contributed by atoms with Gasteiger partial charge in [-0.1, -0.05) is 32.0 Å². The highest BCUT2D eigenvalue weighted by Crippen LogP contribution is 2.22. The average molecular weight is 316 g/mol. The number of nitrogens with one attached hydrogen (secondary N) is 2. The van der Waals surface area contributed by atoms with Crippen molar-refractivity contribution in [3.8, 4) is 5.69 Å². The van der Waals surface area contributed by atoms with Gasteiger partial charge in [0.25, 0.3) is 5.91 Å². The number of hydrazine groups is 1. The average Bonchev–Trinajstić information content (AvgIpc) is 2.99. The van der Waals surface area contributed by atoms with E-state index in [0.717, 1.165) is 11.4 Å². The zero-order valence-electron chi connectivity index (χ0n) is 13.4. The van der Waals surface area contributed by atoms with Crippen molar-refractivity contribution in [2.24, 2.45) is 0 Å². The fourth-order valence-corrected chi connectivity index (χ4v) is 2.21. The standard InChI is InChI=1S/C16H20N4O3/c1-4-23-16(22)19-18-15(21)13-10-17-20(14(13)11(2)3)12-8-6-5-7-9-12/h5-11H,4H2,1-3H3,(H,18,21)(H,19,22). The Morgan fingerprint density at radius 2 is 1.91 bits per heavy atom. The van der Waals surface area contributed by atoms with Gasteiger partial charge >= 0.3 is 6.09 Å². The topological polar surface area (TPSA) is 85.2 Å². The molecule has 0 fully saturated rings. The fraction of sp³-hybridized carbons (Fsp3) is 0.312. The van der Waals surface area contributed by atoms with Crippen molar-refractivity contribution in [1.29, 1.82) is 0 Å². The highest BCUT2D eigenvalue weighted by Gasteiger charge is 2.21. The minimum atomic E-state index is -0.706. The maximum atomic E-state index is 12.3. The summed E-state index contributed by atoms with van der Waals surface area (Å²) in [5.74, 6) is -0.370. The van der Waals surface area contributed by atoms with E-state index in [0.29, 0.717) is 5.56 Å². The number of ether oxygens (including phenoxy) is 1. The van der Waals surface area contributed by atoms with Gasteiger partial charge in [0.1, 0.15) is 0 Å². The van der Waals surface area contributed by atoms with Crippen LogP contribution in [-0.2, 0) is 4.74 Å². The summed E-state index contributed by atoms with van der Waals surface area (Å²) in [5, 5.41) is 4.30. The number of carbonyl (C=O) groups is 2. The van der Waals surface area contributed by atoms with Crippen LogP contribution in [0.5, 0.6) is 0 Å². The molecule has 122 valence electrons. The maximum absolute atomic E-state index is 12.3. The van der Waals surface area contributed by atoms with Crippen LogP contribution in [0.25, 0.3) is 5.69 Å². The number of rotatable bonds is 4. The van der Waals surface area contributed by atoms with E-state index in [9.17, 15) is 9.59 Å². The molecule has 0 aliphatic heterocycles. The van der Waals surface area contributed by atoms with Crippen LogP contribution in [0.2, 0.25) is 0 Å². The van der Waals surface area contributed by atoms with Crippen LogP contribution >= 0.6 is 0 Å². The molecule has 0 unspecified atom stereocenters.